The van der Waals surface area contributed by atoms with Crippen molar-refractivity contribution >= 4 is 11.8 Å². The summed E-state index contributed by atoms with van der Waals surface area (Å²) in [6.45, 7) is 4.45. The van der Waals surface area contributed by atoms with Crippen molar-refractivity contribution in [1.29, 1.82) is 0 Å². The second-order valence-corrected chi connectivity index (χ2v) is 4.89. The Morgan fingerprint density at radius 1 is 1.33 bits per heavy atom. The summed E-state index contributed by atoms with van der Waals surface area (Å²) in [6.07, 6.45) is 2.57. The van der Waals surface area contributed by atoms with Crippen LogP contribution in [0, 0.1) is 0 Å². The zero-order valence-corrected chi connectivity index (χ0v) is 10.7. The highest BCUT2D eigenvalue weighted by Crippen LogP contribution is 2.27. The van der Waals surface area contributed by atoms with Gasteiger partial charge in [-0.3, -0.25) is 0 Å². The Morgan fingerprint density at radius 2 is 2.07 bits per heavy atom. The predicted molar refractivity (Wildman–Crippen MR) is 69.5 cm³/mol. The van der Waals surface area contributed by atoms with E-state index < -0.39 is 0 Å². The van der Waals surface area contributed by atoms with Crippen molar-refractivity contribution in [3.05, 3.63) is 29.8 Å². The molecule has 1 N–H and O–H groups in total. The number of hydrogen-bond acceptors (Lipinski definition) is 2. The van der Waals surface area contributed by atoms with Crippen molar-refractivity contribution in [2.75, 3.05) is 12.8 Å². The normalized spacial score (nSPS) is 12.7. The molecule has 0 aromatic heterocycles. The molecule has 0 spiro atoms. The Bertz CT molecular complexity index is 286. The van der Waals surface area contributed by atoms with Crippen LogP contribution in [0.3, 0.4) is 0 Å². The Labute approximate surface area is 97.7 Å². The Hall–Kier alpha value is -0.470. The predicted octanol–water partition coefficient (Wildman–Crippen LogP) is 3.86. The molecule has 0 saturated heterocycles. The van der Waals surface area contributed by atoms with E-state index in [-0.39, 0.29) is 0 Å². The topological polar surface area (TPSA) is 12.0 Å². The molecular formula is C13H21NS. The van der Waals surface area contributed by atoms with Crippen LogP contribution in [0.2, 0.25) is 0 Å². The fourth-order valence-corrected chi connectivity index (χ4v) is 2.69. The number of rotatable bonds is 6. The molecule has 0 aliphatic heterocycles. The first kappa shape index (κ1) is 12.6. The van der Waals surface area contributed by atoms with E-state index in [1.165, 1.54) is 29.1 Å². The fourth-order valence-electron chi connectivity index (χ4n) is 1.45. The second kappa shape index (κ2) is 6.91. The molecule has 0 fully saturated rings. The first-order valence-electron chi connectivity index (χ1n) is 5.68. The molecule has 1 nitrogen and oxygen atoms in total. The standard InChI is InChI=1S/C13H21NS/c1-4-5-10-15-13-9-7-6-8-12(13)11(2)14-3/h6-9,11,14H,4-5,10H2,1-3H3. The summed E-state index contributed by atoms with van der Waals surface area (Å²) < 4.78 is 0. The molecule has 15 heavy (non-hydrogen) atoms. The minimum absolute atomic E-state index is 0.440. The van der Waals surface area contributed by atoms with Crippen molar-refractivity contribution in [2.24, 2.45) is 0 Å². The highest BCUT2D eigenvalue weighted by Gasteiger charge is 2.07. The van der Waals surface area contributed by atoms with Gasteiger partial charge in [-0.1, -0.05) is 31.5 Å². The van der Waals surface area contributed by atoms with E-state index in [4.69, 9.17) is 0 Å². The van der Waals surface area contributed by atoms with Crippen LogP contribution < -0.4 is 5.32 Å². The maximum atomic E-state index is 3.30. The van der Waals surface area contributed by atoms with E-state index in [0.717, 1.165) is 0 Å². The SMILES string of the molecule is CCCCSc1ccccc1C(C)NC. The summed E-state index contributed by atoms with van der Waals surface area (Å²) in [5.41, 5.74) is 1.42. The third-order valence-electron chi connectivity index (χ3n) is 2.57. The minimum atomic E-state index is 0.440. The number of unbranched alkanes of at least 4 members (excludes halogenated alkanes) is 1. The van der Waals surface area contributed by atoms with E-state index in [0.29, 0.717) is 6.04 Å². The van der Waals surface area contributed by atoms with Gasteiger partial charge < -0.3 is 5.32 Å². The van der Waals surface area contributed by atoms with Crippen LogP contribution in [0.4, 0.5) is 0 Å². The summed E-state index contributed by atoms with van der Waals surface area (Å²) >= 11 is 1.98. The lowest BCUT2D eigenvalue weighted by Crippen LogP contribution is -2.13. The van der Waals surface area contributed by atoms with Crippen molar-refractivity contribution in [3.63, 3.8) is 0 Å². The van der Waals surface area contributed by atoms with Crippen molar-refractivity contribution < 1.29 is 0 Å². The molecule has 1 atom stereocenters. The molecule has 0 saturated carbocycles. The molecule has 0 amide bonds. The number of thioether (sulfide) groups is 1. The number of benzene rings is 1. The molecule has 0 aliphatic rings. The molecule has 1 aromatic carbocycles. The zero-order valence-electron chi connectivity index (χ0n) is 9.92. The maximum absolute atomic E-state index is 3.30. The average molecular weight is 223 g/mol. The van der Waals surface area contributed by atoms with E-state index in [1.807, 2.05) is 18.8 Å². The summed E-state index contributed by atoms with van der Waals surface area (Å²) in [6, 6.07) is 9.13. The van der Waals surface area contributed by atoms with Gasteiger partial charge in [0.25, 0.3) is 0 Å². The lowest BCUT2D eigenvalue weighted by atomic mass is 10.1. The van der Waals surface area contributed by atoms with Crippen molar-refractivity contribution in [2.45, 2.75) is 37.6 Å². The monoisotopic (exact) mass is 223 g/mol. The summed E-state index contributed by atoms with van der Waals surface area (Å²) in [5, 5.41) is 3.30. The Balaban J connectivity index is 2.68. The van der Waals surface area contributed by atoms with Crippen LogP contribution in [0.25, 0.3) is 0 Å². The van der Waals surface area contributed by atoms with E-state index in [1.54, 1.807) is 0 Å². The highest BCUT2D eigenvalue weighted by molar-refractivity contribution is 7.99. The van der Waals surface area contributed by atoms with Gasteiger partial charge in [0.2, 0.25) is 0 Å². The average Bonchev–Trinajstić information content (AvgIpc) is 2.29. The highest BCUT2D eigenvalue weighted by atomic mass is 32.2. The van der Waals surface area contributed by atoms with Gasteiger partial charge in [0, 0.05) is 10.9 Å². The van der Waals surface area contributed by atoms with Gasteiger partial charge in [-0.15, -0.1) is 11.8 Å². The molecule has 84 valence electrons. The molecule has 0 aliphatic carbocycles. The van der Waals surface area contributed by atoms with Gasteiger partial charge in [-0.25, -0.2) is 0 Å². The molecule has 1 rings (SSSR count). The number of hydrogen-bond donors (Lipinski definition) is 1. The van der Waals surface area contributed by atoms with Gasteiger partial charge in [0.05, 0.1) is 0 Å². The van der Waals surface area contributed by atoms with Gasteiger partial charge in [0.15, 0.2) is 0 Å². The lowest BCUT2D eigenvalue weighted by molar-refractivity contribution is 0.641. The molecule has 0 bridgehead atoms. The van der Waals surface area contributed by atoms with Crippen LogP contribution in [0.15, 0.2) is 29.2 Å². The maximum Gasteiger partial charge on any atom is 0.0300 e. The van der Waals surface area contributed by atoms with Gasteiger partial charge >= 0.3 is 0 Å². The molecule has 2 heteroatoms. The summed E-state index contributed by atoms with van der Waals surface area (Å²) in [7, 11) is 2.01. The van der Waals surface area contributed by atoms with Crippen molar-refractivity contribution in [1.82, 2.24) is 5.32 Å². The van der Waals surface area contributed by atoms with Gasteiger partial charge in [-0.05, 0) is 37.8 Å². The third kappa shape index (κ3) is 3.88. The Kier molecular flexibility index (Phi) is 5.81. The molecule has 1 aromatic rings. The molecular weight excluding hydrogens is 202 g/mol. The lowest BCUT2D eigenvalue weighted by Gasteiger charge is -2.15. The first-order chi connectivity index (χ1) is 7.29. The van der Waals surface area contributed by atoms with E-state index >= 15 is 0 Å². The van der Waals surface area contributed by atoms with Crippen LogP contribution in [-0.2, 0) is 0 Å². The van der Waals surface area contributed by atoms with Crippen LogP contribution in [0.5, 0.6) is 0 Å². The van der Waals surface area contributed by atoms with Gasteiger partial charge in [0.1, 0.15) is 0 Å². The van der Waals surface area contributed by atoms with Crippen LogP contribution in [-0.4, -0.2) is 12.8 Å². The third-order valence-corrected chi connectivity index (χ3v) is 3.75. The Morgan fingerprint density at radius 3 is 2.73 bits per heavy atom. The van der Waals surface area contributed by atoms with Crippen LogP contribution in [0.1, 0.15) is 38.3 Å². The fraction of sp³-hybridized carbons (Fsp3) is 0.538. The zero-order chi connectivity index (χ0) is 11.1. The molecule has 0 heterocycles. The van der Waals surface area contributed by atoms with E-state index in [9.17, 15) is 0 Å². The summed E-state index contributed by atoms with van der Waals surface area (Å²) in [5.74, 6) is 1.23. The van der Waals surface area contributed by atoms with Crippen molar-refractivity contribution in [3.8, 4) is 0 Å². The minimum Gasteiger partial charge on any atom is -0.313 e. The van der Waals surface area contributed by atoms with Gasteiger partial charge in [-0.2, -0.15) is 0 Å². The largest absolute Gasteiger partial charge is 0.313 e. The quantitative estimate of drug-likeness (QED) is 0.580. The van der Waals surface area contributed by atoms with Crippen LogP contribution >= 0.6 is 11.8 Å². The molecule has 1 unspecified atom stereocenters. The second-order valence-electron chi connectivity index (χ2n) is 3.75. The molecule has 0 radical (unpaired) electrons. The smallest absolute Gasteiger partial charge is 0.0300 e. The number of nitrogens with one attached hydrogen (secondary N) is 1. The first-order valence-corrected chi connectivity index (χ1v) is 6.67. The van der Waals surface area contributed by atoms with E-state index in [2.05, 4.69) is 43.4 Å². The summed E-state index contributed by atoms with van der Waals surface area (Å²) in [4.78, 5) is 1.42.